The maximum absolute atomic E-state index is 5.05. The number of hydrogen-bond acceptors (Lipinski definition) is 5. The minimum atomic E-state index is -0.350. The fourth-order valence-electron chi connectivity index (χ4n) is 4.17. The number of benzene rings is 1. The average molecular weight is 417 g/mol. The van der Waals surface area contributed by atoms with Gasteiger partial charge in [0.05, 0.1) is 22.5 Å². The molecule has 0 aliphatic carbocycles. The first-order chi connectivity index (χ1) is 12.6. The molecule has 0 saturated carbocycles. The Kier molecular flexibility index (Phi) is 5.87. The topological polar surface area (TPSA) is 80.6 Å². The Morgan fingerprint density at radius 1 is 1.14 bits per heavy atom. The van der Waals surface area contributed by atoms with Gasteiger partial charge in [-0.05, 0) is 62.9 Å². The molecule has 5 nitrogen and oxygen atoms in total. The molecule has 28 heavy (non-hydrogen) atoms. The van der Waals surface area contributed by atoms with Crippen molar-refractivity contribution in [2.24, 2.45) is 20.9 Å². The highest BCUT2D eigenvalue weighted by Crippen LogP contribution is 2.39. The second kappa shape index (κ2) is 7.87. The summed E-state index contributed by atoms with van der Waals surface area (Å²) >= 11 is 1.81. The Balaban J connectivity index is 0.00000112. The first kappa shape index (κ1) is 20.9. The number of rotatable bonds is 2. The van der Waals surface area contributed by atoms with Gasteiger partial charge in [-0.25, -0.2) is 4.99 Å². The summed E-state index contributed by atoms with van der Waals surface area (Å²) in [6.07, 6.45) is 6.35. The van der Waals surface area contributed by atoms with Gasteiger partial charge >= 0.3 is 0 Å². The molecule has 7 heteroatoms. The van der Waals surface area contributed by atoms with Gasteiger partial charge in [0.2, 0.25) is 0 Å². The van der Waals surface area contributed by atoms with Gasteiger partial charge in [0.15, 0.2) is 5.66 Å². The summed E-state index contributed by atoms with van der Waals surface area (Å²) in [5, 5.41) is 4.75. The van der Waals surface area contributed by atoms with Crippen LogP contribution in [0.4, 0.5) is 0 Å². The van der Waals surface area contributed by atoms with Crippen molar-refractivity contribution >= 4 is 57.2 Å². The molecule has 1 aromatic carbocycles. The molecule has 1 atom stereocenters. The van der Waals surface area contributed by atoms with E-state index in [-0.39, 0.29) is 23.5 Å². The van der Waals surface area contributed by atoms with Gasteiger partial charge in [-0.1, -0.05) is 18.2 Å². The number of nitrogens with zero attached hydrogens (tertiary/aromatic N) is 3. The molecule has 3 aliphatic heterocycles. The van der Waals surface area contributed by atoms with Crippen LogP contribution in [-0.2, 0) is 0 Å². The number of hydrogen-bond donors (Lipinski definition) is 1. The summed E-state index contributed by atoms with van der Waals surface area (Å²) in [6.45, 7) is 6.47. The third-order valence-corrected chi connectivity index (χ3v) is 7.06. The molecule has 4 heterocycles. The van der Waals surface area contributed by atoms with E-state index in [0.717, 1.165) is 43.1 Å². The van der Waals surface area contributed by atoms with Crippen LogP contribution in [0.25, 0.3) is 15.8 Å². The zero-order valence-electron chi connectivity index (χ0n) is 16.0. The van der Waals surface area contributed by atoms with Crippen molar-refractivity contribution in [3.63, 3.8) is 0 Å². The van der Waals surface area contributed by atoms with Crippen molar-refractivity contribution in [3.05, 3.63) is 40.8 Å². The summed E-state index contributed by atoms with van der Waals surface area (Å²) < 4.78 is 1.31. The van der Waals surface area contributed by atoms with Crippen molar-refractivity contribution in [1.82, 2.24) is 5.32 Å². The SMILES string of the molecule is Cc1c(C2=CC3=NC(C)(C4CCNCC4)N=CC3=N2)sc2ccccc12.Cl.O. The monoisotopic (exact) mass is 416 g/mol. The van der Waals surface area contributed by atoms with Crippen LogP contribution in [0.3, 0.4) is 0 Å². The van der Waals surface area contributed by atoms with Crippen molar-refractivity contribution in [2.45, 2.75) is 32.4 Å². The smallest absolute Gasteiger partial charge is 0.151 e. The van der Waals surface area contributed by atoms with Gasteiger partial charge < -0.3 is 10.8 Å². The van der Waals surface area contributed by atoms with Crippen molar-refractivity contribution < 1.29 is 5.48 Å². The third kappa shape index (κ3) is 3.35. The summed E-state index contributed by atoms with van der Waals surface area (Å²) in [4.78, 5) is 16.0. The van der Waals surface area contributed by atoms with Crippen LogP contribution in [0, 0.1) is 12.8 Å². The second-order valence-electron chi connectivity index (χ2n) is 7.45. The van der Waals surface area contributed by atoms with E-state index in [1.54, 1.807) is 0 Å². The first-order valence-corrected chi connectivity index (χ1v) is 10.1. The number of aryl methyl sites for hydroxylation is 1. The van der Waals surface area contributed by atoms with Crippen LogP contribution in [0.5, 0.6) is 0 Å². The molecule has 148 valence electrons. The minimum Gasteiger partial charge on any atom is -0.412 e. The number of nitrogens with one attached hydrogen (secondary N) is 1. The van der Waals surface area contributed by atoms with Crippen LogP contribution < -0.4 is 5.32 Å². The highest BCUT2D eigenvalue weighted by atomic mass is 35.5. The summed E-state index contributed by atoms with van der Waals surface area (Å²) in [5.41, 5.74) is 3.88. The van der Waals surface area contributed by atoms with E-state index in [0.29, 0.717) is 5.92 Å². The van der Waals surface area contributed by atoms with Crippen LogP contribution in [-0.4, -0.2) is 41.9 Å². The summed E-state index contributed by atoms with van der Waals surface area (Å²) in [5.74, 6) is 0.498. The number of thiophene rings is 1. The predicted molar refractivity (Wildman–Crippen MR) is 123 cm³/mol. The van der Waals surface area contributed by atoms with E-state index in [1.165, 1.54) is 20.5 Å². The number of aliphatic imine (C=N–C) groups is 3. The number of allylic oxidation sites excluding steroid dienone is 1. The predicted octanol–water partition coefficient (Wildman–Crippen LogP) is 3.84. The van der Waals surface area contributed by atoms with Gasteiger partial charge in [-0.2, -0.15) is 0 Å². The first-order valence-electron chi connectivity index (χ1n) is 9.29. The third-order valence-electron chi connectivity index (χ3n) is 5.76. The lowest BCUT2D eigenvalue weighted by molar-refractivity contribution is 0.244. The lowest BCUT2D eigenvalue weighted by Crippen LogP contribution is -2.42. The van der Waals surface area contributed by atoms with E-state index in [2.05, 4.69) is 49.5 Å². The molecular weight excluding hydrogens is 392 g/mol. The van der Waals surface area contributed by atoms with E-state index < -0.39 is 0 Å². The normalized spacial score (nSPS) is 24.0. The average Bonchev–Trinajstić information content (AvgIpc) is 3.23. The highest BCUT2D eigenvalue weighted by Gasteiger charge is 2.37. The van der Waals surface area contributed by atoms with Crippen molar-refractivity contribution in [3.8, 4) is 0 Å². The fourth-order valence-corrected chi connectivity index (χ4v) is 5.34. The molecule has 1 saturated heterocycles. The molecule has 2 aromatic rings. The zero-order chi connectivity index (χ0) is 17.7. The Hall–Kier alpha value is -1.86. The molecule has 1 fully saturated rings. The number of piperidine rings is 1. The van der Waals surface area contributed by atoms with Crippen LogP contribution >= 0.6 is 23.7 Å². The molecule has 5 rings (SSSR count). The lowest BCUT2D eigenvalue weighted by atomic mass is 9.85. The lowest BCUT2D eigenvalue weighted by Gasteiger charge is -2.35. The Morgan fingerprint density at radius 3 is 2.64 bits per heavy atom. The molecule has 0 amide bonds. The molecule has 3 aliphatic rings. The quantitative estimate of drug-likeness (QED) is 0.792. The minimum absolute atomic E-state index is 0. The van der Waals surface area contributed by atoms with Crippen molar-refractivity contribution in [1.29, 1.82) is 0 Å². The number of halogens is 1. The van der Waals surface area contributed by atoms with Crippen molar-refractivity contribution in [2.75, 3.05) is 13.1 Å². The molecule has 1 unspecified atom stereocenters. The Bertz CT molecular complexity index is 1020. The van der Waals surface area contributed by atoms with E-state index in [4.69, 9.17) is 15.0 Å². The van der Waals surface area contributed by atoms with Gasteiger partial charge in [-0.3, -0.25) is 9.98 Å². The Morgan fingerprint density at radius 2 is 1.89 bits per heavy atom. The molecule has 0 bridgehead atoms. The highest BCUT2D eigenvalue weighted by molar-refractivity contribution is 7.20. The molecule has 0 radical (unpaired) electrons. The summed E-state index contributed by atoms with van der Waals surface area (Å²) in [6, 6.07) is 8.56. The van der Waals surface area contributed by atoms with Crippen LogP contribution in [0.15, 0.2) is 45.3 Å². The van der Waals surface area contributed by atoms with Gasteiger partial charge in [0.25, 0.3) is 0 Å². The second-order valence-corrected chi connectivity index (χ2v) is 8.50. The molecular formula is C21H25ClN4OS. The van der Waals surface area contributed by atoms with Gasteiger partial charge in [0.1, 0.15) is 5.71 Å². The maximum atomic E-state index is 5.05. The summed E-state index contributed by atoms with van der Waals surface area (Å²) in [7, 11) is 0. The van der Waals surface area contributed by atoms with E-state index in [1.807, 2.05) is 17.6 Å². The Labute approximate surface area is 175 Å². The van der Waals surface area contributed by atoms with Gasteiger partial charge in [0, 0.05) is 10.6 Å². The largest absolute Gasteiger partial charge is 0.412 e. The molecule has 3 N–H and O–H groups in total. The standard InChI is InChI=1S/C21H22N4S.ClH.H2O/c1-13-15-5-3-4-6-19(15)26-20(13)17-11-16-18(24-17)12-23-21(2,25-16)14-7-9-22-10-8-14;;/h3-6,11-12,14,22H,7-10H2,1-2H3;1H;1H2. The fraction of sp³-hybridized carbons (Fsp3) is 0.381. The maximum Gasteiger partial charge on any atom is 0.151 e. The molecule has 1 aromatic heterocycles. The number of fused-ring (bicyclic) bond motifs is 2. The van der Waals surface area contributed by atoms with E-state index >= 15 is 0 Å². The molecule has 0 spiro atoms. The zero-order valence-corrected chi connectivity index (χ0v) is 17.7. The van der Waals surface area contributed by atoms with E-state index in [9.17, 15) is 0 Å². The van der Waals surface area contributed by atoms with Crippen LogP contribution in [0.2, 0.25) is 0 Å². The van der Waals surface area contributed by atoms with Gasteiger partial charge in [-0.15, -0.1) is 23.7 Å². The van der Waals surface area contributed by atoms with Crippen LogP contribution in [0.1, 0.15) is 30.2 Å².